The van der Waals surface area contributed by atoms with Gasteiger partial charge in [-0.15, -0.1) is 0 Å². The fourth-order valence-corrected chi connectivity index (χ4v) is 3.28. The SMILES string of the molecule is CCNC(=NCc1ccc(F)c(CN(C)C)c1)NCCCN(C(C)C)C(C)C. The topological polar surface area (TPSA) is 42.9 Å². The summed E-state index contributed by atoms with van der Waals surface area (Å²) in [5.41, 5.74) is 1.72. The lowest BCUT2D eigenvalue weighted by atomic mass is 10.1. The molecule has 0 saturated carbocycles. The van der Waals surface area contributed by atoms with Gasteiger partial charge in [0.25, 0.3) is 0 Å². The van der Waals surface area contributed by atoms with E-state index in [9.17, 15) is 4.39 Å². The van der Waals surface area contributed by atoms with Gasteiger partial charge in [-0.3, -0.25) is 4.90 Å². The van der Waals surface area contributed by atoms with Gasteiger partial charge in [-0.1, -0.05) is 6.07 Å². The van der Waals surface area contributed by atoms with Crippen molar-refractivity contribution in [2.75, 3.05) is 33.7 Å². The monoisotopic (exact) mass is 393 g/mol. The molecular formula is C22H40FN5. The van der Waals surface area contributed by atoms with E-state index in [1.807, 2.05) is 31.1 Å². The molecule has 28 heavy (non-hydrogen) atoms. The van der Waals surface area contributed by atoms with Crippen molar-refractivity contribution in [3.63, 3.8) is 0 Å². The standard InChI is InChI=1S/C22H40FN5/c1-8-24-22(25-12-9-13-28(17(2)3)18(4)5)26-15-19-10-11-21(23)20(14-19)16-27(6)7/h10-11,14,17-18H,8-9,12-13,15-16H2,1-7H3,(H2,24,25,26). The van der Waals surface area contributed by atoms with Crippen molar-refractivity contribution in [1.82, 2.24) is 20.4 Å². The van der Waals surface area contributed by atoms with E-state index in [2.05, 4.69) is 55.1 Å². The van der Waals surface area contributed by atoms with Crippen LogP contribution in [0.5, 0.6) is 0 Å². The Kier molecular flexibility index (Phi) is 11.1. The first kappa shape index (κ1) is 24.4. The predicted octanol–water partition coefficient (Wildman–Crippen LogP) is 3.45. The number of aliphatic imine (C=N–C) groups is 1. The molecule has 0 bridgehead atoms. The zero-order valence-electron chi connectivity index (χ0n) is 18.8. The van der Waals surface area contributed by atoms with Crippen LogP contribution in [0.2, 0.25) is 0 Å². The van der Waals surface area contributed by atoms with Gasteiger partial charge in [-0.25, -0.2) is 9.38 Å². The molecule has 6 heteroatoms. The summed E-state index contributed by atoms with van der Waals surface area (Å²) in [6.45, 7) is 14.9. The van der Waals surface area contributed by atoms with Crippen molar-refractivity contribution < 1.29 is 4.39 Å². The summed E-state index contributed by atoms with van der Waals surface area (Å²) in [6, 6.07) is 6.36. The van der Waals surface area contributed by atoms with Crippen molar-refractivity contribution in [2.24, 2.45) is 4.99 Å². The first-order valence-electron chi connectivity index (χ1n) is 10.4. The molecule has 1 rings (SSSR count). The van der Waals surface area contributed by atoms with E-state index in [0.29, 0.717) is 30.7 Å². The quantitative estimate of drug-likeness (QED) is 0.343. The highest BCUT2D eigenvalue weighted by molar-refractivity contribution is 5.79. The van der Waals surface area contributed by atoms with Crippen LogP contribution in [0.4, 0.5) is 4.39 Å². The Labute approximate surface area is 171 Å². The van der Waals surface area contributed by atoms with E-state index < -0.39 is 0 Å². The lowest BCUT2D eigenvalue weighted by Crippen LogP contribution is -2.41. The van der Waals surface area contributed by atoms with Gasteiger partial charge in [-0.2, -0.15) is 0 Å². The van der Waals surface area contributed by atoms with Gasteiger partial charge in [0.1, 0.15) is 5.82 Å². The van der Waals surface area contributed by atoms with Crippen LogP contribution < -0.4 is 10.6 Å². The Bertz CT molecular complexity index is 591. The minimum atomic E-state index is -0.161. The molecule has 5 nitrogen and oxygen atoms in total. The molecule has 0 unspecified atom stereocenters. The Hall–Kier alpha value is -1.66. The summed E-state index contributed by atoms with van der Waals surface area (Å²) in [6.07, 6.45) is 1.06. The summed E-state index contributed by atoms with van der Waals surface area (Å²) in [7, 11) is 3.88. The molecule has 0 amide bonds. The maximum atomic E-state index is 13.9. The minimum absolute atomic E-state index is 0.161. The van der Waals surface area contributed by atoms with Gasteiger partial charge < -0.3 is 15.5 Å². The van der Waals surface area contributed by atoms with E-state index in [4.69, 9.17) is 0 Å². The van der Waals surface area contributed by atoms with Gasteiger partial charge in [-0.05, 0) is 72.8 Å². The van der Waals surface area contributed by atoms with Gasteiger partial charge in [0.15, 0.2) is 5.96 Å². The first-order valence-corrected chi connectivity index (χ1v) is 10.4. The molecule has 160 valence electrons. The zero-order chi connectivity index (χ0) is 21.1. The molecule has 0 aliphatic carbocycles. The highest BCUT2D eigenvalue weighted by Crippen LogP contribution is 2.13. The highest BCUT2D eigenvalue weighted by atomic mass is 19.1. The summed E-state index contributed by atoms with van der Waals surface area (Å²) in [5.74, 6) is 0.646. The number of nitrogens with zero attached hydrogens (tertiary/aromatic N) is 3. The van der Waals surface area contributed by atoms with Crippen LogP contribution in [-0.2, 0) is 13.1 Å². The highest BCUT2D eigenvalue weighted by Gasteiger charge is 2.12. The Morgan fingerprint density at radius 3 is 2.36 bits per heavy atom. The third-order valence-electron chi connectivity index (χ3n) is 4.57. The van der Waals surface area contributed by atoms with E-state index in [-0.39, 0.29) is 5.82 Å². The number of guanidine groups is 1. The van der Waals surface area contributed by atoms with E-state index >= 15 is 0 Å². The van der Waals surface area contributed by atoms with Crippen molar-refractivity contribution >= 4 is 5.96 Å². The maximum Gasteiger partial charge on any atom is 0.191 e. The van der Waals surface area contributed by atoms with E-state index in [1.165, 1.54) is 6.07 Å². The summed E-state index contributed by atoms with van der Waals surface area (Å²) < 4.78 is 13.9. The summed E-state index contributed by atoms with van der Waals surface area (Å²) in [5, 5.41) is 6.70. The molecule has 2 N–H and O–H groups in total. The molecule has 0 aliphatic rings. The molecule has 0 saturated heterocycles. The second kappa shape index (κ2) is 12.7. The van der Waals surface area contributed by atoms with Gasteiger partial charge in [0.05, 0.1) is 6.54 Å². The summed E-state index contributed by atoms with van der Waals surface area (Å²) in [4.78, 5) is 9.13. The van der Waals surface area contributed by atoms with Crippen molar-refractivity contribution in [2.45, 2.75) is 66.2 Å². The molecule has 0 aromatic heterocycles. The average molecular weight is 394 g/mol. The van der Waals surface area contributed by atoms with Crippen LogP contribution in [0, 0.1) is 5.82 Å². The third kappa shape index (κ3) is 9.02. The van der Waals surface area contributed by atoms with Crippen LogP contribution >= 0.6 is 0 Å². The van der Waals surface area contributed by atoms with Crippen LogP contribution in [0.25, 0.3) is 0 Å². The van der Waals surface area contributed by atoms with Crippen molar-refractivity contribution in [3.8, 4) is 0 Å². The predicted molar refractivity (Wildman–Crippen MR) is 118 cm³/mol. The normalized spacial score (nSPS) is 12.5. The number of hydrogen-bond donors (Lipinski definition) is 2. The fraction of sp³-hybridized carbons (Fsp3) is 0.682. The molecule has 0 radical (unpaired) electrons. The average Bonchev–Trinajstić information content (AvgIpc) is 2.60. The van der Waals surface area contributed by atoms with E-state index in [0.717, 1.165) is 37.6 Å². The maximum absolute atomic E-state index is 13.9. The Morgan fingerprint density at radius 2 is 1.79 bits per heavy atom. The molecule has 0 spiro atoms. The van der Waals surface area contributed by atoms with Crippen LogP contribution in [-0.4, -0.2) is 61.6 Å². The lowest BCUT2D eigenvalue weighted by Gasteiger charge is -2.30. The van der Waals surface area contributed by atoms with Gasteiger partial charge in [0.2, 0.25) is 0 Å². The molecule has 1 aromatic carbocycles. The van der Waals surface area contributed by atoms with Crippen LogP contribution in [0.3, 0.4) is 0 Å². The number of benzene rings is 1. The van der Waals surface area contributed by atoms with E-state index in [1.54, 1.807) is 0 Å². The molecule has 0 atom stereocenters. The van der Waals surface area contributed by atoms with Crippen LogP contribution in [0.15, 0.2) is 23.2 Å². The zero-order valence-corrected chi connectivity index (χ0v) is 18.8. The second-order valence-corrected chi connectivity index (χ2v) is 8.06. The Balaban J connectivity index is 2.62. The third-order valence-corrected chi connectivity index (χ3v) is 4.57. The molecular weight excluding hydrogens is 353 g/mol. The number of halogens is 1. The Morgan fingerprint density at radius 1 is 1.11 bits per heavy atom. The smallest absolute Gasteiger partial charge is 0.191 e. The number of hydrogen-bond acceptors (Lipinski definition) is 3. The van der Waals surface area contributed by atoms with Crippen molar-refractivity contribution in [3.05, 3.63) is 35.1 Å². The van der Waals surface area contributed by atoms with Gasteiger partial charge >= 0.3 is 0 Å². The van der Waals surface area contributed by atoms with Gasteiger partial charge in [0, 0.05) is 43.8 Å². The lowest BCUT2D eigenvalue weighted by molar-refractivity contribution is 0.173. The molecule has 1 aromatic rings. The first-order chi connectivity index (χ1) is 13.2. The minimum Gasteiger partial charge on any atom is -0.357 e. The fourth-order valence-electron chi connectivity index (χ4n) is 3.28. The molecule has 0 heterocycles. The molecule has 0 aliphatic heterocycles. The largest absolute Gasteiger partial charge is 0.357 e. The van der Waals surface area contributed by atoms with Crippen LogP contribution in [0.1, 0.15) is 52.2 Å². The number of rotatable bonds is 11. The number of nitrogens with one attached hydrogen (secondary N) is 2. The second-order valence-electron chi connectivity index (χ2n) is 8.06. The summed E-state index contributed by atoms with van der Waals surface area (Å²) >= 11 is 0. The van der Waals surface area contributed by atoms with Crippen molar-refractivity contribution in [1.29, 1.82) is 0 Å². The molecule has 0 fully saturated rings.